The lowest BCUT2D eigenvalue weighted by Crippen LogP contribution is -2.35. The Morgan fingerprint density at radius 3 is 2.35 bits per heavy atom. The number of phenols is 1. The lowest BCUT2D eigenvalue weighted by molar-refractivity contribution is 0.0805. The van der Waals surface area contributed by atoms with Crippen LogP contribution >= 0.6 is 15.9 Å². The first kappa shape index (κ1) is 13.0. The summed E-state index contributed by atoms with van der Waals surface area (Å²) in [6, 6.07) is 0. The van der Waals surface area contributed by atoms with Gasteiger partial charge in [0, 0.05) is 16.7 Å². The molecule has 1 aliphatic heterocycles. The zero-order valence-corrected chi connectivity index (χ0v) is 13.7. The lowest BCUT2D eigenvalue weighted by atomic mass is 9.65. The van der Waals surface area contributed by atoms with Crippen molar-refractivity contribution in [3.63, 3.8) is 0 Å². The summed E-state index contributed by atoms with van der Waals surface area (Å²) in [7, 11) is 0. The maximum absolute atomic E-state index is 10.6. The molecular weight excluding hydrogens is 316 g/mol. The van der Waals surface area contributed by atoms with Crippen LogP contribution in [0.25, 0.3) is 0 Å². The highest BCUT2D eigenvalue weighted by atomic mass is 79.9. The van der Waals surface area contributed by atoms with Crippen molar-refractivity contribution in [2.75, 3.05) is 0 Å². The number of hydrogen-bond donors (Lipinski definition) is 1. The van der Waals surface area contributed by atoms with Gasteiger partial charge >= 0.3 is 0 Å². The fraction of sp³-hybridized carbons (Fsp3) is 0.647. The van der Waals surface area contributed by atoms with Gasteiger partial charge in [-0.1, -0.05) is 0 Å². The van der Waals surface area contributed by atoms with E-state index < -0.39 is 0 Å². The average Bonchev–Trinajstić information content (AvgIpc) is 2.44. The molecule has 0 aromatic heterocycles. The molecule has 0 spiro atoms. The minimum absolute atomic E-state index is 0.0894. The Morgan fingerprint density at radius 2 is 1.70 bits per heavy atom. The van der Waals surface area contributed by atoms with E-state index >= 15 is 0 Å². The molecule has 0 saturated heterocycles. The maximum atomic E-state index is 10.6. The summed E-state index contributed by atoms with van der Waals surface area (Å²) in [4.78, 5) is 0. The van der Waals surface area contributed by atoms with Gasteiger partial charge in [0.15, 0.2) is 0 Å². The standard InChI is InChI=1S/C17H21BrO2/c1-17(2)8-7-11-14(18)15(19)12-9-3-5-10(6-4-9)13(12)16(11)20-17/h9-10,19H,3-8H2,1-2H3. The number of halogens is 1. The Hall–Kier alpha value is -0.700. The SMILES string of the molecule is CC1(C)CCc2c(Br)c(O)c3c(c2O1)C1CCC3CC1. The number of aromatic hydroxyl groups is 1. The maximum Gasteiger partial charge on any atom is 0.134 e. The molecule has 0 unspecified atom stereocenters. The highest BCUT2D eigenvalue weighted by molar-refractivity contribution is 9.10. The zero-order chi connectivity index (χ0) is 14.1. The summed E-state index contributed by atoms with van der Waals surface area (Å²) >= 11 is 3.62. The first-order chi connectivity index (χ1) is 9.48. The number of ether oxygens (including phenoxy) is 1. The van der Waals surface area contributed by atoms with Crippen LogP contribution in [0.4, 0.5) is 0 Å². The normalized spacial score (nSPS) is 29.6. The van der Waals surface area contributed by atoms with Crippen LogP contribution in [0.1, 0.15) is 74.5 Å². The monoisotopic (exact) mass is 336 g/mol. The zero-order valence-electron chi connectivity index (χ0n) is 12.1. The van der Waals surface area contributed by atoms with Gasteiger partial charge in [-0.3, -0.25) is 0 Å². The first-order valence-electron chi connectivity index (χ1n) is 7.74. The molecule has 5 rings (SSSR count). The molecule has 1 N–H and O–H groups in total. The van der Waals surface area contributed by atoms with Crippen LogP contribution in [-0.4, -0.2) is 10.7 Å². The third kappa shape index (κ3) is 1.68. The Bertz CT molecular complexity index is 583. The molecule has 1 saturated carbocycles. The third-order valence-corrected chi connectivity index (χ3v) is 6.29. The van der Waals surface area contributed by atoms with Crippen molar-refractivity contribution in [3.8, 4) is 11.5 Å². The van der Waals surface area contributed by atoms with E-state index in [0.717, 1.165) is 23.1 Å². The Kier molecular flexibility index (Phi) is 2.70. The molecule has 2 bridgehead atoms. The van der Waals surface area contributed by atoms with Crippen LogP contribution in [0, 0.1) is 0 Å². The van der Waals surface area contributed by atoms with Crippen LogP contribution in [0.15, 0.2) is 4.47 Å². The van der Waals surface area contributed by atoms with Crippen LogP contribution in [0.3, 0.4) is 0 Å². The van der Waals surface area contributed by atoms with Crippen molar-refractivity contribution in [2.45, 2.75) is 69.8 Å². The highest BCUT2D eigenvalue weighted by Crippen LogP contribution is 2.59. The van der Waals surface area contributed by atoms with Crippen molar-refractivity contribution in [3.05, 3.63) is 21.2 Å². The fourth-order valence-electron chi connectivity index (χ4n) is 4.36. The third-order valence-electron chi connectivity index (χ3n) is 5.44. The minimum atomic E-state index is -0.0894. The number of fused-ring (bicyclic) bond motifs is 3. The van der Waals surface area contributed by atoms with Gasteiger partial charge in [-0.15, -0.1) is 0 Å². The van der Waals surface area contributed by atoms with Gasteiger partial charge in [-0.25, -0.2) is 0 Å². The summed E-state index contributed by atoms with van der Waals surface area (Å²) in [6.07, 6.45) is 6.95. The van der Waals surface area contributed by atoms with E-state index in [9.17, 15) is 5.11 Å². The van der Waals surface area contributed by atoms with E-state index in [1.54, 1.807) is 0 Å². The molecule has 4 aliphatic rings. The lowest BCUT2D eigenvalue weighted by Gasteiger charge is -2.43. The second-order valence-electron chi connectivity index (χ2n) is 7.21. The van der Waals surface area contributed by atoms with E-state index in [4.69, 9.17) is 4.74 Å². The first-order valence-corrected chi connectivity index (χ1v) is 8.53. The van der Waals surface area contributed by atoms with Gasteiger partial charge in [0.05, 0.1) is 4.47 Å². The summed E-state index contributed by atoms with van der Waals surface area (Å²) in [5.74, 6) is 2.72. The quantitative estimate of drug-likeness (QED) is 0.721. The highest BCUT2D eigenvalue weighted by Gasteiger charge is 2.42. The fourth-order valence-corrected chi connectivity index (χ4v) is 4.95. The van der Waals surface area contributed by atoms with E-state index in [1.807, 2.05) is 0 Å². The molecule has 0 atom stereocenters. The molecule has 3 aliphatic carbocycles. The van der Waals surface area contributed by atoms with Crippen LogP contribution in [0.2, 0.25) is 0 Å². The molecule has 108 valence electrons. The van der Waals surface area contributed by atoms with Gasteiger partial charge in [-0.05, 0) is 80.1 Å². The Labute approximate surface area is 128 Å². The van der Waals surface area contributed by atoms with Crippen molar-refractivity contribution < 1.29 is 9.84 Å². The van der Waals surface area contributed by atoms with Crippen LogP contribution < -0.4 is 4.74 Å². The molecule has 1 aromatic carbocycles. The molecule has 1 heterocycles. The van der Waals surface area contributed by atoms with Crippen molar-refractivity contribution >= 4 is 15.9 Å². The molecule has 20 heavy (non-hydrogen) atoms. The summed E-state index contributed by atoms with van der Waals surface area (Å²) in [5.41, 5.74) is 3.63. The second kappa shape index (κ2) is 4.16. The van der Waals surface area contributed by atoms with E-state index in [0.29, 0.717) is 17.6 Å². The molecule has 3 heteroatoms. The summed E-state index contributed by atoms with van der Waals surface area (Å²) in [6.45, 7) is 4.34. The van der Waals surface area contributed by atoms with Gasteiger partial charge in [0.2, 0.25) is 0 Å². The Morgan fingerprint density at radius 1 is 1.10 bits per heavy atom. The van der Waals surface area contributed by atoms with Crippen molar-refractivity contribution in [1.82, 2.24) is 0 Å². The molecule has 2 nitrogen and oxygen atoms in total. The van der Waals surface area contributed by atoms with Crippen LogP contribution in [0.5, 0.6) is 11.5 Å². The number of hydrogen-bond acceptors (Lipinski definition) is 2. The van der Waals surface area contributed by atoms with E-state index in [2.05, 4.69) is 29.8 Å². The average molecular weight is 337 g/mol. The smallest absolute Gasteiger partial charge is 0.134 e. The molecule has 0 radical (unpaired) electrons. The van der Waals surface area contributed by atoms with Gasteiger partial charge < -0.3 is 9.84 Å². The predicted octanol–water partition coefficient (Wildman–Crippen LogP) is 5.01. The minimum Gasteiger partial charge on any atom is -0.506 e. The van der Waals surface area contributed by atoms with Gasteiger partial charge in [-0.2, -0.15) is 0 Å². The number of phenolic OH excluding ortho intramolecular Hbond substituents is 1. The van der Waals surface area contributed by atoms with Crippen molar-refractivity contribution in [1.29, 1.82) is 0 Å². The largest absolute Gasteiger partial charge is 0.506 e. The number of benzene rings is 1. The summed E-state index contributed by atoms with van der Waals surface area (Å²) < 4.78 is 7.25. The number of rotatable bonds is 0. The van der Waals surface area contributed by atoms with Crippen LogP contribution in [-0.2, 0) is 6.42 Å². The summed E-state index contributed by atoms with van der Waals surface area (Å²) in [5, 5.41) is 10.6. The molecular formula is C17H21BrO2. The van der Waals surface area contributed by atoms with E-state index in [1.165, 1.54) is 42.4 Å². The van der Waals surface area contributed by atoms with Crippen molar-refractivity contribution in [2.24, 2.45) is 0 Å². The Balaban J connectivity index is 1.99. The topological polar surface area (TPSA) is 29.5 Å². The van der Waals surface area contributed by atoms with Gasteiger partial charge in [0.25, 0.3) is 0 Å². The molecule has 1 aromatic rings. The molecule has 1 fully saturated rings. The second-order valence-corrected chi connectivity index (χ2v) is 8.00. The van der Waals surface area contributed by atoms with Gasteiger partial charge in [0.1, 0.15) is 17.1 Å². The molecule has 0 amide bonds. The van der Waals surface area contributed by atoms with E-state index in [-0.39, 0.29) is 5.60 Å². The predicted molar refractivity (Wildman–Crippen MR) is 82.8 cm³/mol.